The fourth-order valence-corrected chi connectivity index (χ4v) is 3.31. The minimum atomic E-state index is -3.65. The third-order valence-corrected chi connectivity index (χ3v) is 5.26. The summed E-state index contributed by atoms with van der Waals surface area (Å²) < 4.78 is 26.9. The summed E-state index contributed by atoms with van der Waals surface area (Å²) in [6.07, 6.45) is 2.92. The van der Waals surface area contributed by atoms with Gasteiger partial charge in [0.2, 0.25) is 10.0 Å². The first-order valence-corrected chi connectivity index (χ1v) is 9.46. The molecule has 1 aromatic rings. The molecule has 1 amide bonds. The smallest absolute Gasteiger partial charge is 0.326 e. The summed E-state index contributed by atoms with van der Waals surface area (Å²) in [6.45, 7) is 7.15. The molecule has 0 aliphatic rings. The van der Waals surface area contributed by atoms with E-state index < -0.39 is 27.9 Å². The molecule has 8 heteroatoms. The van der Waals surface area contributed by atoms with Gasteiger partial charge in [-0.1, -0.05) is 13.0 Å². The van der Waals surface area contributed by atoms with Crippen molar-refractivity contribution in [2.75, 3.05) is 0 Å². The van der Waals surface area contributed by atoms with Crippen LogP contribution in [0.1, 0.15) is 43.5 Å². The zero-order valence-corrected chi connectivity index (χ0v) is 15.2. The van der Waals surface area contributed by atoms with E-state index in [1.165, 1.54) is 24.3 Å². The molecule has 0 saturated heterocycles. The summed E-state index contributed by atoms with van der Waals surface area (Å²) in [5, 5.41) is 11.5. The van der Waals surface area contributed by atoms with Crippen molar-refractivity contribution in [2.24, 2.45) is 0 Å². The average molecular weight is 368 g/mol. The van der Waals surface area contributed by atoms with Crippen LogP contribution in [0.2, 0.25) is 0 Å². The molecule has 0 aliphatic carbocycles. The van der Waals surface area contributed by atoms with Crippen LogP contribution in [-0.4, -0.2) is 37.5 Å². The fourth-order valence-electron chi connectivity index (χ4n) is 1.99. The number of carboxylic acid groups (broad SMARTS) is 1. The number of benzene rings is 1. The highest BCUT2D eigenvalue weighted by Crippen LogP contribution is 2.12. The average Bonchev–Trinajstić information content (AvgIpc) is 2.57. The summed E-state index contributed by atoms with van der Waals surface area (Å²) in [6, 6.07) is 4.12. The van der Waals surface area contributed by atoms with Gasteiger partial charge < -0.3 is 10.4 Å². The third kappa shape index (κ3) is 6.32. The van der Waals surface area contributed by atoms with Crippen LogP contribution in [0.3, 0.4) is 0 Å². The highest BCUT2D eigenvalue weighted by atomic mass is 32.2. The van der Waals surface area contributed by atoms with Gasteiger partial charge in [0.05, 0.1) is 4.90 Å². The van der Waals surface area contributed by atoms with E-state index in [-0.39, 0.29) is 22.9 Å². The summed E-state index contributed by atoms with van der Waals surface area (Å²) in [5.41, 5.74) is 0.187. The summed E-state index contributed by atoms with van der Waals surface area (Å²) >= 11 is 0. The Hall–Kier alpha value is -2.19. The molecule has 2 unspecified atom stereocenters. The fraction of sp³-hybridized carbons (Fsp3) is 0.412. The van der Waals surface area contributed by atoms with Crippen LogP contribution >= 0.6 is 0 Å². The van der Waals surface area contributed by atoms with E-state index in [1.54, 1.807) is 13.0 Å². The van der Waals surface area contributed by atoms with Gasteiger partial charge in [0.15, 0.2) is 0 Å². The monoisotopic (exact) mass is 368 g/mol. The molecule has 7 nitrogen and oxygen atoms in total. The van der Waals surface area contributed by atoms with E-state index in [0.29, 0.717) is 12.8 Å². The van der Waals surface area contributed by atoms with Gasteiger partial charge in [-0.05, 0) is 50.5 Å². The molecule has 1 rings (SSSR count). The van der Waals surface area contributed by atoms with Gasteiger partial charge >= 0.3 is 5.97 Å². The largest absolute Gasteiger partial charge is 0.480 e. The molecule has 0 heterocycles. The first kappa shape index (κ1) is 20.9. The maximum atomic E-state index is 12.2. The lowest BCUT2D eigenvalue weighted by atomic mass is 10.1. The Morgan fingerprint density at radius 2 is 1.88 bits per heavy atom. The minimum Gasteiger partial charge on any atom is -0.480 e. The highest BCUT2D eigenvalue weighted by Gasteiger charge is 2.21. The van der Waals surface area contributed by atoms with E-state index in [2.05, 4.69) is 16.6 Å². The zero-order valence-electron chi connectivity index (χ0n) is 14.4. The van der Waals surface area contributed by atoms with Gasteiger partial charge in [0.1, 0.15) is 6.04 Å². The van der Waals surface area contributed by atoms with Crippen molar-refractivity contribution >= 4 is 21.9 Å². The zero-order chi connectivity index (χ0) is 19.0. The van der Waals surface area contributed by atoms with Crippen LogP contribution in [0.5, 0.6) is 0 Å². The van der Waals surface area contributed by atoms with Crippen LogP contribution < -0.4 is 10.0 Å². The highest BCUT2D eigenvalue weighted by molar-refractivity contribution is 7.89. The maximum Gasteiger partial charge on any atom is 0.326 e. The molecule has 25 heavy (non-hydrogen) atoms. The molecule has 0 radical (unpaired) electrons. The number of carbonyl (C=O) groups is 2. The Morgan fingerprint density at radius 1 is 1.28 bits per heavy atom. The number of carboxylic acids is 1. The molecule has 0 aromatic heterocycles. The lowest BCUT2D eigenvalue weighted by Gasteiger charge is -2.14. The molecule has 0 aliphatic heterocycles. The predicted molar refractivity (Wildman–Crippen MR) is 94.8 cm³/mol. The second-order valence-electron chi connectivity index (χ2n) is 5.69. The van der Waals surface area contributed by atoms with Crippen LogP contribution in [0.25, 0.3) is 0 Å². The van der Waals surface area contributed by atoms with Crippen molar-refractivity contribution in [1.82, 2.24) is 10.0 Å². The second kappa shape index (κ2) is 9.33. The van der Waals surface area contributed by atoms with E-state index in [1.807, 2.05) is 6.92 Å². The van der Waals surface area contributed by atoms with Crippen molar-refractivity contribution in [3.63, 3.8) is 0 Å². The summed E-state index contributed by atoms with van der Waals surface area (Å²) in [7, 11) is -3.65. The number of nitrogens with one attached hydrogen (secondary N) is 2. The van der Waals surface area contributed by atoms with Crippen molar-refractivity contribution in [2.45, 2.75) is 50.1 Å². The van der Waals surface area contributed by atoms with Gasteiger partial charge in [-0.3, -0.25) is 4.79 Å². The van der Waals surface area contributed by atoms with Crippen molar-refractivity contribution in [3.8, 4) is 0 Å². The van der Waals surface area contributed by atoms with Crippen LogP contribution in [0.15, 0.2) is 41.8 Å². The van der Waals surface area contributed by atoms with Gasteiger partial charge in [0, 0.05) is 11.6 Å². The molecule has 0 saturated carbocycles. The number of hydrogen-bond donors (Lipinski definition) is 3. The molecule has 2 atom stereocenters. The predicted octanol–water partition coefficient (Wildman–Crippen LogP) is 1.91. The molecule has 0 spiro atoms. The summed E-state index contributed by atoms with van der Waals surface area (Å²) in [4.78, 5) is 23.3. The second-order valence-corrected chi connectivity index (χ2v) is 7.40. The lowest BCUT2D eigenvalue weighted by Crippen LogP contribution is -2.40. The van der Waals surface area contributed by atoms with Crippen LogP contribution in [0.4, 0.5) is 0 Å². The molecule has 1 aromatic carbocycles. The molecule has 0 fully saturated rings. The van der Waals surface area contributed by atoms with Gasteiger partial charge in [-0.15, -0.1) is 6.58 Å². The third-order valence-electron chi connectivity index (χ3n) is 3.66. The quantitative estimate of drug-likeness (QED) is 0.546. The number of carbonyl (C=O) groups excluding carboxylic acids is 1. The molecular formula is C17H24N2O5S. The van der Waals surface area contributed by atoms with Crippen LogP contribution in [0, 0.1) is 0 Å². The Labute approximate surface area is 148 Å². The molecule has 138 valence electrons. The molecular weight excluding hydrogens is 344 g/mol. The number of amides is 1. The Morgan fingerprint density at radius 3 is 2.36 bits per heavy atom. The minimum absolute atomic E-state index is 0.0470. The number of sulfonamides is 1. The Balaban J connectivity index is 2.86. The number of allylic oxidation sites excluding steroid dienone is 1. The number of rotatable bonds is 10. The standard InChI is InChI=1S/C17H24N2O5S/c1-4-6-7-15(17(21)22)18-16(20)13-8-10-14(11-9-13)25(23,24)19-12(3)5-2/h4,8-12,15,19H,1,5-7H2,2-3H3,(H,18,20)(H,21,22). The van der Waals surface area contributed by atoms with E-state index in [4.69, 9.17) is 5.11 Å². The van der Waals surface area contributed by atoms with Gasteiger partial charge in [-0.25, -0.2) is 17.9 Å². The van der Waals surface area contributed by atoms with Crippen molar-refractivity contribution in [3.05, 3.63) is 42.5 Å². The number of aliphatic carboxylic acids is 1. The molecule has 3 N–H and O–H groups in total. The van der Waals surface area contributed by atoms with E-state index in [9.17, 15) is 18.0 Å². The van der Waals surface area contributed by atoms with Gasteiger partial charge in [0.25, 0.3) is 5.91 Å². The molecule has 0 bridgehead atoms. The Bertz CT molecular complexity index is 713. The van der Waals surface area contributed by atoms with Crippen molar-refractivity contribution in [1.29, 1.82) is 0 Å². The normalized spacial score (nSPS) is 13.7. The Kier molecular flexibility index (Phi) is 7.79. The summed E-state index contributed by atoms with van der Waals surface area (Å²) in [5.74, 6) is -1.71. The van der Waals surface area contributed by atoms with Crippen LogP contribution in [-0.2, 0) is 14.8 Å². The maximum absolute atomic E-state index is 12.2. The number of hydrogen-bond acceptors (Lipinski definition) is 4. The van der Waals surface area contributed by atoms with E-state index >= 15 is 0 Å². The first-order valence-electron chi connectivity index (χ1n) is 7.98. The van der Waals surface area contributed by atoms with E-state index in [0.717, 1.165) is 0 Å². The van der Waals surface area contributed by atoms with Gasteiger partial charge in [-0.2, -0.15) is 0 Å². The SMILES string of the molecule is C=CCCC(NC(=O)c1ccc(S(=O)(=O)NC(C)CC)cc1)C(=O)O. The first-order chi connectivity index (χ1) is 11.7. The lowest BCUT2D eigenvalue weighted by molar-refractivity contribution is -0.139. The van der Waals surface area contributed by atoms with Crippen molar-refractivity contribution < 1.29 is 23.1 Å². The topological polar surface area (TPSA) is 113 Å².